The number of benzene rings is 1. The first-order valence-electron chi connectivity index (χ1n) is 6.15. The minimum Gasteiger partial charge on any atom is -0.454 e. The van der Waals surface area contributed by atoms with Gasteiger partial charge in [-0.05, 0) is 17.7 Å². The summed E-state index contributed by atoms with van der Waals surface area (Å²) in [6.07, 6.45) is 0. The van der Waals surface area contributed by atoms with E-state index in [1.807, 2.05) is 18.2 Å². The molecule has 0 atom stereocenters. The smallest absolute Gasteiger partial charge is 0.231 e. The quantitative estimate of drug-likeness (QED) is 0.696. The topological polar surface area (TPSA) is 36.9 Å². The fourth-order valence-corrected chi connectivity index (χ4v) is 1.32. The van der Waals surface area contributed by atoms with E-state index in [1.54, 1.807) is 0 Å². The van der Waals surface area contributed by atoms with Crippen LogP contribution in [0.25, 0.3) is 0 Å². The SMILES string of the molecule is [2H]C([2H])([2H])OCCOCc1ccc2c(c1)OCO2. The molecule has 82 valence electrons. The zero-order valence-corrected chi connectivity index (χ0v) is 8.19. The molecule has 0 radical (unpaired) electrons. The fraction of sp³-hybridized carbons (Fsp3) is 0.455. The summed E-state index contributed by atoms with van der Waals surface area (Å²) < 4.78 is 40.8. The summed E-state index contributed by atoms with van der Waals surface area (Å²) >= 11 is 0. The van der Waals surface area contributed by atoms with Crippen molar-refractivity contribution in [3.05, 3.63) is 23.8 Å². The van der Waals surface area contributed by atoms with Crippen LogP contribution in [0.2, 0.25) is 0 Å². The van der Waals surface area contributed by atoms with Crippen molar-refractivity contribution in [2.45, 2.75) is 6.61 Å². The summed E-state index contributed by atoms with van der Waals surface area (Å²) in [4.78, 5) is 0. The van der Waals surface area contributed by atoms with E-state index < -0.39 is 7.04 Å². The second-order valence-electron chi connectivity index (χ2n) is 3.09. The first-order valence-corrected chi connectivity index (χ1v) is 4.65. The Hall–Kier alpha value is -1.26. The van der Waals surface area contributed by atoms with Gasteiger partial charge < -0.3 is 18.9 Å². The molecule has 0 saturated carbocycles. The molecule has 15 heavy (non-hydrogen) atoms. The van der Waals surface area contributed by atoms with Crippen LogP contribution >= 0.6 is 0 Å². The zero-order valence-electron chi connectivity index (χ0n) is 11.2. The van der Waals surface area contributed by atoms with Crippen LogP contribution in [0.1, 0.15) is 9.68 Å². The average molecular weight is 213 g/mol. The highest BCUT2D eigenvalue weighted by Crippen LogP contribution is 2.32. The van der Waals surface area contributed by atoms with Gasteiger partial charge in [0, 0.05) is 7.04 Å². The van der Waals surface area contributed by atoms with Crippen molar-refractivity contribution in [2.75, 3.05) is 27.0 Å². The molecule has 1 aliphatic rings. The second kappa shape index (κ2) is 5.00. The highest BCUT2D eigenvalue weighted by molar-refractivity contribution is 5.44. The van der Waals surface area contributed by atoms with Crippen LogP contribution in [0.15, 0.2) is 18.2 Å². The Kier molecular flexibility index (Phi) is 2.36. The van der Waals surface area contributed by atoms with Crippen LogP contribution in [0.5, 0.6) is 11.5 Å². The lowest BCUT2D eigenvalue weighted by molar-refractivity contribution is 0.0616. The molecule has 4 nitrogen and oxygen atoms in total. The van der Waals surface area contributed by atoms with Gasteiger partial charge >= 0.3 is 0 Å². The van der Waals surface area contributed by atoms with Crippen molar-refractivity contribution in [1.82, 2.24) is 0 Å². The molecule has 0 saturated heterocycles. The Morgan fingerprint density at radius 2 is 2.27 bits per heavy atom. The Labute approximate surface area is 92.9 Å². The molecule has 0 aromatic heterocycles. The van der Waals surface area contributed by atoms with Crippen molar-refractivity contribution in [1.29, 1.82) is 0 Å². The van der Waals surface area contributed by atoms with E-state index in [4.69, 9.17) is 18.3 Å². The Bertz CT molecular complexity index is 406. The van der Waals surface area contributed by atoms with Gasteiger partial charge in [0.05, 0.1) is 23.9 Å². The lowest BCUT2D eigenvalue weighted by Crippen LogP contribution is -2.01. The second-order valence-corrected chi connectivity index (χ2v) is 3.09. The molecule has 0 amide bonds. The highest BCUT2D eigenvalue weighted by atomic mass is 16.7. The molecule has 0 bridgehead atoms. The normalized spacial score (nSPS) is 16.9. The fourth-order valence-electron chi connectivity index (χ4n) is 1.32. The van der Waals surface area contributed by atoms with Crippen LogP contribution in [-0.2, 0) is 16.1 Å². The van der Waals surface area contributed by atoms with Gasteiger partial charge in [-0.2, -0.15) is 0 Å². The molecular formula is C11H14O4. The Morgan fingerprint density at radius 1 is 1.33 bits per heavy atom. The molecule has 1 heterocycles. The largest absolute Gasteiger partial charge is 0.454 e. The summed E-state index contributed by atoms with van der Waals surface area (Å²) in [5, 5.41) is 0. The van der Waals surface area contributed by atoms with E-state index in [1.165, 1.54) is 0 Å². The van der Waals surface area contributed by atoms with E-state index in [-0.39, 0.29) is 20.0 Å². The summed E-state index contributed by atoms with van der Waals surface area (Å²) in [5.41, 5.74) is 0.938. The van der Waals surface area contributed by atoms with Gasteiger partial charge in [-0.25, -0.2) is 0 Å². The van der Waals surface area contributed by atoms with E-state index >= 15 is 0 Å². The molecule has 1 aromatic rings. The molecule has 0 spiro atoms. The van der Waals surface area contributed by atoms with Crippen molar-refractivity contribution < 1.29 is 23.1 Å². The van der Waals surface area contributed by atoms with Gasteiger partial charge in [-0.3, -0.25) is 0 Å². The molecule has 0 aliphatic carbocycles. The number of rotatable bonds is 5. The Morgan fingerprint density at radius 3 is 3.20 bits per heavy atom. The first-order chi connectivity index (χ1) is 8.54. The lowest BCUT2D eigenvalue weighted by atomic mass is 10.2. The van der Waals surface area contributed by atoms with Crippen LogP contribution in [-0.4, -0.2) is 27.0 Å². The van der Waals surface area contributed by atoms with Crippen LogP contribution in [0, 0.1) is 0 Å². The number of fused-ring (bicyclic) bond motifs is 1. The van der Waals surface area contributed by atoms with E-state index in [0.717, 1.165) is 11.3 Å². The van der Waals surface area contributed by atoms with Crippen molar-refractivity contribution in [3.63, 3.8) is 0 Å². The summed E-state index contributed by atoms with van der Waals surface area (Å²) in [7, 11) is -2.36. The van der Waals surface area contributed by atoms with Gasteiger partial charge in [0.1, 0.15) is 0 Å². The third-order valence-electron chi connectivity index (χ3n) is 2.04. The highest BCUT2D eigenvalue weighted by Gasteiger charge is 2.12. The van der Waals surface area contributed by atoms with Gasteiger partial charge in [-0.1, -0.05) is 6.07 Å². The summed E-state index contributed by atoms with van der Waals surface area (Å²) in [6.45, 7) is 0.890. The maximum Gasteiger partial charge on any atom is 0.231 e. The molecule has 2 rings (SSSR count). The third kappa shape index (κ3) is 2.61. The standard InChI is InChI=1S/C11H14O4/c1-12-4-5-13-7-9-2-3-10-11(6-9)15-8-14-10/h2-3,6H,4-5,7-8H2,1H3/i1D3. The monoisotopic (exact) mass is 213 g/mol. The van der Waals surface area contributed by atoms with E-state index in [9.17, 15) is 0 Å². The predicted molar refractivity (Wildman–Crippen MR) is 54.1 cm³/mol. The van der Waals surface area contributed by atoms with Crippen molar-refractivity contribution in [2.24, 2.45) is 0 Å². The maximum atomic E-state index is 6.84. The van der Waals surface area contributed by atoms with Gasteiger partial charge in [0.25, 0.3) is 0 Å². The first kappa shape index (κ1) is 7.09. The molecule has 4 heteroatoms. The molecule has 0 fully saturated rings. The van der Waals surface area contributed by atoms with Gasteiger partial charge in [-0.15, -0.1) is 0 Å². The molecule has 1 aromatic carbocycles. The zero-order chi connectivity index (χ0) is 13.0. The van der Waals surface area contributed by atoms with E-state index in [2.05, 4.69) is 4.74 Å². The minimum absolute atomic E-state index is 0.0427. The predicted octanol–water partition coefficient (Wildman–Crippen LogP) is 1.58. The average Bonchev–Trinajstić information content (AvgIpc) is 2.74. The minimum atomic E-state index is -2.36. The molecule has 1 aliphatic heterocycles. The number of hydrogen-bond donors (Lipinski definition) is 0. The lowest BCUT2D eigenvalue weighted by Gasteiger charge is -2.04. The molecule has 0 N–H and O–H groups in total. The molecular weight excluding hydrogens is 196 g/mol. The van der Waals surface area contributed by atoms with Gasteiger partial charge in [0.15, 0.2) is 11.5 Å². The Balaban J connectivity index is 1.71. The summed E-state index contributed by atoms with van der Waals surface area (Å²) in [5.74, 6) is 1.43. The summed E-state index contributed by atoms with van der Waals surface area (Å²) in [6, 6.07) is 5.53. The third-order valence-corrected chi connectivity index (χ3v) is 2.04. The molecule has 0 unspecified atom stereocenters. The van der Waals surface area contributed by atoms with Gasteiger partial charge in [0.2, 0.25) is 6.79 Å². The number of methoxy groups -OCH3 is 1. The van der Waals surface area contributed by atoms with Crippen molar-refractivity contribution >= 4 is 0 Å². The number of ether oxygens (including phenoxy) is 4. The van der Waals surface area contributed by atoms with E-state index in [0.29, 0.717) is 12.4 Å². The van der Waals surface area contributed by atoms with Crippen LogP contribution < -0.4 is 9.47 Å². The number of hydrogen-bond acceptors (Lipinski definition) is 4. The van der Waals surface area contributed by atoms with Crippen molar-refractivity contribution in [3.8, 4) is 11.5 Å². The maximum absolute atomic E-state index is 6.84. The van der Waals surface area contributed by atoms with Crippen LogP contribution in [0.3, 0.4) is 0 Å². The van der Waals surface area contributed by atoms with Crippen LogP contribution in [0.4, 0.5) is 0 Å².